The molecule has 7 heteroatoms. The highest BCUT2D eigenvalue weighted by Gasteiger charge is 2.30. The van der Waals surface area contributed by atoms with E-state index in [1.54, 1.807) is 6.07 Å². The molecule has 0 aliphatic carbocycles. The zero-order valence-corrected chi connectivity index (χ0v) is 10.2. The van der Waals surface area contributed by atoms with E-state index in [1.165, 1.54) is 28.6 Å². The van der Waals surface area contributed by atoms with Crippen LogP contribution in [0.5, 0.6) is 0 Å². The average molecular weight is 273 g/mol. The first-order chi connectivity index (χ1) is 8.41. The SMILES string of the molecule is CSc1cc(N)n(-c2ccc(C(F)(F)F)cc2)n1. The highest BCUT2D eigenvalue weighted by molar-refractivity contribution is 7.98. The van der Waals surface area contributed by atoms with Crippen molar-refractivity contribution in [2.24, 2.45) is 0 Å². The van der Waals surface area contributed by atoms with Crippen LogP contribution >= 0.6 is 11.8 Å². The lowest BCUT2D eigenvalue weighted by molar-refractivity contribution is -0.137. The van der Waals surface area contributed by atoms with E-state index in [1.807, 2.05) is 6.26 Å². The van der Waals surface area contributed by atoms with Gasteiger partial charge in [-0.1, -0.05) is 0 Å². The van der Waals surface area contributed by atoms with Gasteiger partial charge >= 0.3 is 6.18 Å². The lowest BCUT2D eigenvalue weighted by Crippen LogP contribution is -2.06. The molecular formula is C11H10F3N3S. The molecule has 1 aromatic carbocycles. The molecule has 0 atom stereocenters. The molecule has 96 valence electrons. The van der Waals surface area contributed by atoms with E-state index in [0.717, 1.165) is 12.1 Å². The lowest BCUT2D eigenvalue weighted by Gasteiger charge is -2.08. The molecule has 2 rings (SSSR count). The van der Waals surface area contributed by atoms with Gasteiger partial charge < -0.3 is 5.73 Å². The van der Waals surface area contributed by atoms with Gasteiger partial charge in [-0.3, -0.25) is 0 Å². The molecule has 2 aromatic rings. The number of nitrogens with zero attached hydrogens (tertiary/aromatic N) is 2. The van der Waals surface area contributed by atoms with Gasteiger partial charge in [0.1, 0.15) is 10.8 Å². The minimum Gasteiger partial charge on any atom is -0.384 e. The number of nitrogens with two attached hydrogens (primary N) is 1. The first kappa shape index (κ1) is 12.8. The number of aromatic nitrogens is 2. The minimum absolute atomic E-state index is 0.388. The van der Waals surface area contributed by atoms with Gasteiger partial charge in [0, 0.05) is 6.07 Å². The predicted octanol–water partition coefficient (Wildman–Crippen LogP) is 3.20. The summed E-state index contributed by atoms with van der Waals surface area (Å²) in [6.45, 7) is 0. The number of hydrogen-bond donors (Lipinski definition) is 1. The Bertz CT molecular complexity index is 546. The number of benzene rings is 1. The summed E-state index contributed by atoms with van der Waals surface area (Å²) in [6, 6.07) is 6.37. The van der Waals surface area contributed by atoms with Crippen molar-refractivity contribution in [1.82, 2.24) is 9.78 Å². The van der Waals surface area contributed by atoms with Gasteiger partial charge in [0.05, 0.1) is 11.3 Å². The molecule has 1 heterocycles. The van der Waals surface area contributed by atoms with Crippen LogP contribution in [0.3, 0.4) is 0 Å². The second-order valence-corrected chi connectivity index (χ2v) is 4.39. The average Bonchev–Trinajstić information content (AvgIpc) is 2.70. The van der Waals surface area contributed by atoms with E-state index in [9.17, 15) is 13.2 Å². The Hall–Kier alpha value is -1.63. The van der Waals surface area contributed by atoms with Crippen LogP contribution in [0.4, 0.5) is 19.0 Å². The Labute approximate surface area is 106 Å². The first-order valence-electron chi connectivity index (χ1n) is 4.99. The third kappa shape index (κ3) is 2.45. The molecular weight excluding hydrogens is 263 g/mol. The zero-order valence-electron chi connectivity index (χ0n) is 9.40. The maximum Gasteiger partial charge on any atom is 0.416 e. The van der Waals surface area contributed by atoms with Crippen LogP contribution in [-0.2, 0) is 6.18 Å². The van der Waals surface area contributed by atoms with Crippen molar-refractivity contribution in [3.8, 4) is 5.69 Å². The van der Waals surface area contributed by atoms with Crippen molar-refractivity contribution in [2.45, 2.75) is 11.2 Å². The van der Waals surface area contributed by atoms with Crippen molar-refractivity contribution >= 4 is 17.6 Å². The van der Waals surface area contributed by atoms with E-state index < -0.39 is 11.7 Å². The number of nitrogen functional groups attached to an aromatic ring is 1. The van der Waals surface area contributed by atoms with E-state index in [4.69, 9.17) is 5.73 Å². The molecule has 0 saturated heterocycles. The molecule has 0 bridgehead atoms. The van der Waals surface area contributed by atoms with Crippen molar-refractivity contribution in [2.75, 3.05) is 12.0 Å². The molecule has 1 aromatic heterocycles. The molecule has 18 heavy (non-hydrogen) atoms. The van der Waals surface area contributed by atoms with E-state index in [2.05, 4.69) is 5.10 Å². The van der Waals surface area contributed by atoms with Gasteiger partial charge in [-0.2, -0.15) is 18.3 Å². The van der Waals surface area contributed by atoms with Gasteiger partial charge in [0.15, 0.2) is 0 Å². The van der Waals surface area contributed by atoms with Gasteiger partial charge in [0.2, 0.25) is 0 Å². The summed E-state index contributed by atoms with van der Waals surface area (Å²) in [4.78, 5) is 0. The Morgan fingerprint density at radius 3 is 2.28 bits per heavy atom. The van der Waals surface area contributed by atoms with E-state index in [0.29, 0.717) is 16.5 Å². The fraction of sp³-hybridized carbons (Fsp3) is 0.182. The Morgan fingerprint density at radius 2 is 1.83 bits per heavy atom. The molecule has 0 fully saturated rings. The largest absolute Gasteiger partial charge is 0.416 e. The Balaban J connectivity index is 2.37. The van der Waals surface area contributed by atoms with Gasteiger partial charge in [-0.05, 0) is 30.5 Å². The van der Waals surface area contributed by atoms with E-state index in [-0.39, 0.29) is 0 Å². The number of anilines is 1. The van der Waals surface area contributed by atoms with Crippen molar-refractivity contribution in [1.29, 1.82) is 0 Å². The molecule has 0 aliphatic heterocycles. The standard InChI is InChI=1S/C11H10F3N3S/c1-18-10-6-9(15)17(16-10)8-4-2-7(3-5-8)11(12,13)14/h2-6H,15H2,1H3. The molecule has 0 radical (unpaired) electrons. The maximum absolute atomic E-state index is 12.4. The molecule has 0 unspecified atom stereocenters. The first-order valence-corrected chi connectivity index (χ1v) is 6.21. The smallest absolute Gasteiger partial charge is 0.384 e. The van der Waals surface area contributed by atoms with Crippen molar-refractivity contribution < 1.29 is 13.2 Å². The van der Waals surface area contributed by atoms with Crippen LogP contribution < -0.4 is 5.73 Å². The summed E-state index contributed by atoms with van der Waals surface area (Å²) in [5, 5.41) is 4.88. The normalized spacial score (nSPS) is 11.8. The Kier molecular flexibility index (Phi) is 3.25. The maximum atomic E-state index is 12.4. The summed E-state index contributed by atoms with van der Waals surface area (Å²) in [7, 11) is 0. The second kappa shape index (κ2) is 4.56. The van der Waals surface area contributed by atoms with E-state index >= 15 is 0 Å². The molecule has 0 spiro atoms. The van der Waals surface area contributed by atoms with Crippen LogP contribution in [0, 0.1) is 0 Å². The van der Waals surface area contributed by atoms with Gasteiger partial charge in [-0.25, -0.2) is 4.68 Å². The molecule has 3 nitrogen and oxygen atoms in total. The number of thioether (sulfide) groups is 1. The quantitative estimate of drug-likeness (QED) is 0.854. The van der Waals surface area contributed by atoms with Crippen LogP contribution in [-0.4, -0.2) is 16.0 Å². The fourth-order valence-corrected chi connectivity index (χ4v) is 1.87. The number of halogens is 3. The van der Waals surface area contributed by atoms with Gasteiger partial charge in [-0.15, -0.1) is 11.8 Å². The third-order valence-corrected chi connectivity index (χ3v) is 2.98. The summed E-state index contributed by atoms with van der Waals surface area (Å²) in [5.41, 5.74) is 5.55. The second-order valence-electron chi connectivity index (χ2n) is 3.57. The Morgan fingerprint density at radius 1 is 1.22 bits per heavy atom. The number of hydrogen-bond acceptors (Lipinski definition) is 3. The summed E-state index contributed by atoms with van der Waals surface area (Å²) >= 11 is 1.41. The molecule has 2 N–H and O–H groups in total. The fourth-order valence-electron chi connectivity index (χ4n) is 1.47. The highest BCUT2D eigenvalue weighted by atomic mass is 32.2. The van der Waals surface area contributed by atoms with Crippen LogP contribution in [0.25, 0.3) is 5.69 Å². The molecule has 0 amide bonds. The molecule has 0 saturated carbocycles. The third-order valence-electron chi connectivity index (χ3n) is 2.36. The van der Waals surface area contributed by atoms with Gasteiger partial charge in [0.25, 0.3) is 0 Å². The summed E-state index contributed by atoms with van der Waals surface area (Å²) in [6.07, 6.45) is -2.49. The highest BCUT2D eigenvalue weighted by Crippen LogP contribution is 2.30. The van der Waals surface area contributed by atoms with Crippen LogP contribution in [0.1, 0.15) is 5.56 Å². The summed E-state index contributed by atoms with van der Waals surface area (Å²) < 4.78 is 38.6. The summed E-state index contributed by atoms with van der Waals surface area (Å²) in [5.74, 6) is 0.388. The van der Waals surface area contributed by atoms with Crippen LogP contribution in [0.2, 0.25) is 0 Å². The predicted molar refractivity (Wildman–Crippen MR) is 64.8 cm³/mol. The van der Waals surface area contributed by atoms with Crippen molar-refractivity contribution in [3.05, 3.63) is 35.9 Å². The zero-order chi connectivity index (χ0) is 13.3. The molecule has 0 aliphatic rings. The minimum atomic E-state index is -4.33. The van der Waals surface area contributed by atoms with Crippen LogP contribution in [0.15, 0.2) is 35.4 Å². The van der Waals surface area contributed by atoms with Crippen molar-refractivity contribution in [3.63, 3.8) is 0 Å². The topological polar surface area (TPSA) is 43.8 Å². The lowest BCUT2D eigenvalue weighted by atomic mass is 10.2. The number of rotatable bonds is 2. The monoisotopic (exact) mass is 273 g/mol. The number of alkyl halides is 3.